The number of ether oxygens (including phenoxy) is 8. The van der Waals surface area contributed by atoms with E-state index in [4.69, 9.17) is 42.3 Å². The number of aliphatic hydroxyl groups excluding tert-OH is 9. The Morgan fingerprint density at radius 3 is 1.44 bits per heavy atom. The molecule has 15 atom stereocenters. The topological polar surface area (TPSA) is 361 Å². The van der Waals surface area contributed by atoms with Gasteiger partial charge in [-0.2, -0.15) is 0 Å². The van der Waals surface area contributed by atoms with Crippen LogP contribution in [0, 0.1) is 0 Å². The Hall–Kier alpha value is -6.03. The zero-order chi connectivity index (χ0) is 48.6. The van der Waals surface area contributed by atoms with Crippen molar-refractivity contribution < 1.29 is 108 Å². The average Bonchev–Trinajstić information content (AvgIpc) is 3.34. The van der Waals surface area contributed by atoms with Crippen LogP contribution in [0.25, 0.3) is 21.9 Å². The molecular weight excluding hydrogens is 908 g/mol. The first-order valence-corrected chi connectivity index (χ1v) is 21.0. The predicted octanol–water partition coefficient (Wildman–Crippen LogP) is -1.73. The van der Waals surface area contributed by atoms with E-state index in [1.165, 1.54) is 84.9 Å². The first-order chi connectivity index (χ1) is 32.6. The van der Waals surface area contributed by atoms with Gasteiger partial charge in [-0.15, -0.1) is 0 Å². The van der Waals surface area contributed by atoms with E-state index in [1.54, 1.807) is 0 Å². The maximum absolute atomic E-state index is 14.0. The zero-order valence-electron chi connectivity index (χ0n) is 35.2. The van der Waals surface area contributed by atoms with Crippen molar-refractivity contribution in [1.29, 1.82) is 0 Å². The number of carbonyl (C=O) groups is 2. The monoisotopic (exact) mass is 954 g/mol. The molecule has 4 aromatic carbocycles. The number of aliphatic hydroxyl groups is 9. The van der Waals surface area contributed by atoms with Crippen LogP contribution in [0.3, 0.4) is 0 Å². The van der Waals surface area contributed by atoms with Gasteiger partial charge in [-0.3, -0.25) is 4.79 Å². The normalized spacial score (nSPS) is 31.8. The second-order valence-corrected chi connectivity index (χ2v) is 16.0. The first-order valence-electron chi connectivity index (χ1n) is 21.0. The molecule has 8 rings (SSSR count). The number of phenolic OH excluding ortho intramolecular Hbond substituents is 2. The first kappa shape index (κ1) is 48.4. The zero-order valence-corrected chi connectivity index (χ0v) is 35.2. The van der Waals surface area contributed by atoms with Crippen molar-refractivity contribution in [3.8, 4) is 23.0 Å². The lowest BCUT2D eigenvalue weighted by atomic mass is 9.96. The molecule has 0 amide bonds. The van der Waals surface area contributed by atoms with Gasteiger partial charge in [0.15, 0.2) is 41.2 Å². The lowest BCUT2D eigenvalue weighted by Crippen LogP contribution is -2.65. The van der Waals surface area contributed by atoms with Gasteiger partial charge in [0.1, 0.15) is 72.5 Å². The highest BCUT2D eigenvalue weighted by atomic mass is 16.8. The van der Waals surface area contributed by atoms with Crippen LogP contribution in [0.2, 0.25) is 0 Å². The maximum atomic E-state index is 14.0. The van der Waals surface area contributed by atoms with E-state index < -0.39 is 129 Å². The number of hydrogen-bond acceptors (Lipinski definition) is 23. The number of phenols is 2. The molecule has 3 aliphatic rings. The van der Waals surface area contributed by atoms with Gasteiger partial charge in [0.2, 0.25) is 18.0 Å². The van der Waals surface area contributed by atoms with Gasteiger partial charge in [0.05, 0.1) is 41.7 Å². The lowest BCUT2D eigenvalue weighted by molar-refractivity contribution is -0.352. The molecule has 11 N–H and O–H groups in total. The van der Waals surface area contributed by atoms with Crippen molar-refractivity contribution in [2.24, 2.45) is 0 Å². The third-order valence-electron chi connectivity index (χ3n) is 11.6. The number of esters is 2. The largest absolute Gasteiger partial charge is 0.508 e. The second kappa shape index (κ2) is 20.3. The van der Waals surface area contributed by atoms with Crippen molar-refractivity contribution in [2.45, 2.75) is 92.1 Å². The highest BCUT2D eigenvalue weighted by Gasteiger charge is 2.53. The summed E-state index contributed by atoms with van der Waals surface area (Å²) in [6.07, 6.45) is -26.5. The summed E-state index contributed by atoms with van der Waals surface area (Å²) in [5.74, 6) is -2.74. The Kier molecular flexibility index (Phi) is 14.4. The molecular formula is C45H46O23. The van der Waals surface area contributed by atoms with Crippen molar-refractivity contribution in [3.63, 3.8) is 0 Å². The molecule has 0 bridgehead atoms. The molecule has 364 valence electrons. The Morgan fingerprint density at radius 1 is 0.485 bits per heavy atom. The molecule has 0 aliphatic carbocycles. The minimum Gasteiger partial charge on any atom is -0.508 e. The Morgan fingerprint density at radius 2 is 0.912 bits per heavy atom. The summed E-state index contributed by atoms with van der Waals surface area (Å²) in [6, 6.07) is 18.1. The molecule has 0 spiro atoms. The van der Waals surface area contributed by atoms with Crippen molar-refractivity contribution in [2.75, 3.05) is 19.8 Å². The number of para-hydroxylation sites is 2. The fourth-order valence-electron chi connectivity index (χ4n) is 7.92. The summed E-state index contributed by atoms with van der Waals surface area (Å²) in [5, 5.41) is 116. The van der Waals surface area contributed by atoms with Crippen LogP contribution >= 0.6 is 0 Å². The third-order valence-corrected chi connectivity index (χ3v) is 11.6. The summed E-state index contributed by atoms with van der Waals surface area (Å²) in [5.41, 5.74) is -1.21. The van der Waals surface area contributed by atoms with E-state index in [1.807, 2.05) is 0 Å². The van der Waals surface area contributed by atoms with Gasteiger partial charge in [-0.1, -0.05) is 12.1 Å². The van der Waals surface area contributed by atoms with Gasteiger partial charge in [-0.25, -0.2) is 9.59 Å². The minimum absolute atomic E-state index is 0.0365. The van der Waals surface area contributed by atoms with Gasteiger partial charge in [0, 0.05) is 0 Å². The van der Waals surface area contributed by atoms with E-state index in [-0.39, 0.29) is 56.1 Å². The number of carbonyl (C=O) groups excluding carboxylic acids is 2. The number of hydrogen-bond donors (Lipinski definition) is 11. The molecule has 3 fully saturated rings. The van der Waals surface area contributed by atoms with Gasteiger partial charge in [-0.05, 0) is 72.8 Å². The van der Waals surface area contributed by atoms with Gasteiger partial charge in [0.25, 0.3) is 0 Å². The van der Waals surface area contributed by atoms with Gasteiger partial charge < -0.3 is 98.5 Å². The Balaban J connectivity index is 1.02. The van der Waals surface area contributed by atoms with Crippen LogP contribution in [0.15, 0.2) is 94.1 Å². The Bertz CT molecular complexity index is 2620. The third kappa shape index (κ3) is 9.52. The minimum atomic E-state index is -2.01. The van der Waals surface area contributed by atoms with E-state index in [0.29, 0.717) is 0 Å². The van der Waals surface area contributed by atoms with Gasteiger partial charge >= 0.3 is 11.9 Å². The molecule has 0 unspecified atom stereocenters. The molecule has 5 aromatic rings. The fraction of sp³-hybridized carbons (Fsp3) is 0.400. The molecule has 4 heterocycles. The van der Waals surface area contributed by atoms with Crippen molar-refractivity contribution in [1.82, 2.24) is 0 Å². The fourth-order valence-corrected chi connectivity index (χ4v) is 7.92. The molecule has 23 nitrogen and oxygen atoms in total. The SMILES string of the molecule is O=C(O[C@H]1[C@H](Oc2cccc3c(=O)c4cccc(O[C@@H]5O[C@H](CO)[C@@H](O[C@@H]6O[C@H](CO)[C@@H](OC(=O)c7ccc(O)cc7)[C@H](O)[C@H]6O)[C@H](O)[C@H]5O)c4oc23)O[C@H](CO)[C@@H](O)[C@@H]1O)c1ccc(O)cc1. The summed E-state index contributed by atoms with van der Waals surface area (Å²) in [7, 11) is 0. The van der Waals surface area contributed by atoms with Crippen LogP contribution in [-0.4, -0.2) is 180 Å². The smallest absolute Gasteiger partial charge is 0.338 e. The van der Waals surface area contributed by atoms with E-state index in [9.17, 15) is 70.6 Å². The Labute approximate surface area is 382 Å². The average molecular weight is 955 g/mol. The number of fused-ring (bicyclic) bond motifs is 2. The van der Waals surface area contributed by atoms with Crippen LogP contribution in [0.5, 0.6) is 23.0 Å². The quantitative estimate of drug-likeness (QED) is 0.0461. The number of aromatic hydroxyl groups is 2. The van der Waals surface area contributed by atoms with Crippen molar-refractivity contribution >= 4 is 33.9 Å². The van der Waals surface area contributed by atoms with E-state index >= 15 is 0 Å². The van der Waals surface area contributed by atoms with Crippen LogP contribution in [0.1, 0.15) is 20.7 Å². The summed E-state index contributed by atoms with van der Waals surface area (Å²) < 4.78 is 52.0. The lowest BCUT2D eigenvalue weighted by Gasteiger charge is -2.46. The number of benzene rings is 4. The molecule has 23 heteroatoms. The van der Waals surface area contributed by atoms with Crippen LogP contribution in [-0.2, 0) is 28.4 Å². The molecule has 0 saturated carbocycles. The summed E-state index contributed by atoms with van der Waals surface area (Å²) in [6.45, 7) is -2.56. The standard InChI is InChI=1S/C45H46O23/c46-15-26-30(52)31(53)40(67-42(59)19-9-13-21(50)14-10-19)45(62-26)61-25-6-2-4-23-29(51)22-3-1-5-24(36(22)65-37(23)25)60-43-34(56)33(55)39(28(17-48)63-43)68-44-35(57)32(54)38(27(16-47)64-44)66-41(58)18-7-11-20(49)12-8-18/h1-14,26-28,30-35,38-40,43-50,52-57H,15-17H2/t26-,27-,28-,30-,31+,32-,33-,34-,35-,38-,39-,40-,43-,44+,45-/m1/s1. The van der Waals surface area contributed by atoms with E-state index in [0.717, 1.165) is 0 Å². The number of rotatable bonds is 13. The maximum Gasteiger partial charge on any atom is 0.338 e. The highest BCUT2D eigenvalue weighted by molar-refractivity contribution is 5.94. The molecule has 1 aromatic heterocycles. The highest BCUT2D eigenvalue weighted by Crippen LogP contribution is 2.37. The van der Waals surface area contributed by atoms with E-state index in [2.05, 4.69) is 0 Å². The summed E-state index contributed by atoms with van der Waals surface area (Å²) >= 11 is 0. The van der Waals surface area contributed by atoms with Crippen molar-refractivity contribution in [3.05, 3.63) is 106 Å². The summed E-state index contributed by atoms with van der Waals surface area (Å²) in [4.78, 5) is 39.9. The van der Waals surface area contributed by atoms with Crippen LogP contribution in [0.4, 0.5) is 0 Å². The second-order valence-electron chi connectivity index (χ2n) is 16.0. The van der Waals surface area contributed by atoms with Crippen LogP contribution < -0.4 is 14.9 Å². The molecule has 0 radical (unpaired) electrons. The predicted molar refractivity (Wildman–Crippen MR) is 224 cm³/mol. The molecule has 3 saturated heterocycles. The molecule has 3 aliphatic heterocycles. The molecule has 68 heavy (non-hydrogen) atoms.